The van der Waals surface area contributed by atoms with E-state index in [1.165, 1.54) is 0 Å². The summed E-state index contributed by atoms with van der Waals surface area (Å²) >= 11 is 5.96. The third kappa shape index (κ3) is 3.11. The maximum Gasteiger partial charge on any atom is 0.252 e. The minimum atomic E-state index is -0.137. The van der Waals surface area contributed by atoms with Gasteiger partial charge in [0.25, 0.3) is 5.91 Å². The standard InChI is InChI=1S/C16H17ClN2O/c1-10-14(7-4-8-15(10)18)16(20)19-11(2)12-5-3-6-13(17)9-12/h3-9,11H,18H2,1-2H3,(H,19,20)/t11-/m0/s1. The second kappa shape index (κ2) is 5.97. The minimum absolute atomic E-state index is 0.123. The van der Waals surface area contributed by atoms with Gasteiger partial charge in [0.2, 0.25) is 0 Å². The number of carbonyl (C=O) groups excluding carboxylic acids is 1. The summed E-state index contributed by atoms with van der Waals surface area (Å²) in [4.78, 5) is 12.3. The van der Waals surface area contributed by atoms with E-state index >= 15 is 0 Å². The Balaban J connectivity index is 2.17. The van der Waals surface area contributed by atoms with Crippen molar-refractivity contribution < 1.29 is 4.79 Å². The molecule has 0 aliphatic heterocycles. The number of hydrogen-bond donors (Lipinski definition) is 2. The summed E-state index contributed by atoms with van der Waals surface area (Å²) in [5.74, 6) is -0.137. The van der Waals surface area contributed by atoms with Gasteiger partial charge in [-0.25, -0.2) is 0 Å². The molecule has 2 rings (SSSR count). The average Bonchev–Trinajstić information content (AvgIpc) is 2.41. The molecule has 4 heteroatoms. The number of nitrogens with one attached hydrogen (secondary N) is 1. The van der Waals surface area contributed by atoms with Crippen LogP contribution in [0.3, 0.4) is 0 Å². The lowest BCUT2D eigenvalue weighted by Gasteiger charge is -2.16. The lowest BCUT2D eigenvalue weighted by atomic mass is 10.0. The van der Waals surface area contributed by atoms with Crippen LogP contribution in [0.5, 0.6) is 0 Å². The number of hydrogen-bond acceptors (Lipinski definition) is 2. The molecule has 0 radical (unpaired) electrons. The maximum atomic E-state index is 12.3. The Labute approximate surface area is 123 Å². The van der Waals surface area contributed by atoms with Crippen molar-refractivity contribution in [3.05, 3.63) is 64.2 Å². The van der Waals surface area contributed by atoms with Crippen molar-refractivity contribution >= 4 is 23.2 Å². The molecule has 0 bridgehead atoms. The first-order valence-electron chi connectivity index (χ1n) is 6.40. The molecule has 2 aromatic rings. The highest BCUT2D eigenvalue weighted by atomic mass is 35.5. The molecule has 0 aliphatic rings. The lowest BCUT2D eigenvalue weighted by molar-refractivity contribution is 0.0939. The van der Waals surface area contributed by atoms with Gasteiger partial charge in [-0.1, -0.05) is 29.8 Å². The van der Waals surface area contributed by atoms with Gasteiger partial charge < -0.3 is 11.1 Å². The molecule has 1 atom stereocenters. The number of benzene rings is 2. The normalized spacial score (nSPS) is 11.9. The number of anilines is 1. The van der Waals surface area contributed by atoms with Crippen LogP contribution in [0.1, 0.15) is 34.5 Å². The molecular weight excluding hydrogens is 272 g/mol. The zero-order valence-corrected chi connectivity index (χ0v) is 12.2. The molecule has 0 fully saturated rings. The lowest BCUT2D eigenvalue weighted by Crippen LogP contribution is -2.27. The van der Waals surface area contributed by atoms with Gasteiger partial charge in [0, 0.05) is 16.3 Å². The van der Waals surface area contributed by atoms with Crippen molar-refractivity contribution in [2.75, 3.05) is 5.73 Å². The number of nitrogens with two attached hydrogens (primary N) is 1. The van der Waals surface area contributed by atoms with Crippen molar-refractivity contribution in [1.82, 2.24) is 5.32 Å². The fourth-order valence-corrected chi connectivity index (χ4v) is 2.23. The first-order valence-corrected chi connectivity index (χ1v) is 6.78. The van der Waals surface area contributed by atoms with Crippen LogP contribution in [-0.4, -0.2) is 5.91 Å². The van der Waals surface area contributed by atoms with Crippen LogP contribution in [0.25, 0.3) is 0 Å². The summed E-state index contributed by atoms with van der Waals surface area (Å²) in [6.45, 7) is 3.76. The van der Waals surface area contributed by atoms with Gasteiger partial charge in [-0.15, -0.1) is 0 Å². The van der Waals surface area contributed by atoms with Crippen LogP contribution in [0.2, 0.25) is 5.02 Å². The van der Waals surface area contributed by atoms with E-state index in [2.05, 4.69) is 5.32 Å². The molecule has 20 heavy (non-hydrogen) atoms. The SMILES string of the molecule is Cc1c(N)cccc1C(=O)N[C@@H](C)c1cccc(Cl)c1. The van der Waals surface area contributed by atoms with Crippen molar-refractivity contribution in [1.29, 1.82) is 0 Å². The van der Waals surface area contributed by atoms with Gasteiger partial charge in [-0.3, -0.25) is 4.79 Å². The van der Waals surface area contributed by atoms with Gasteiger partial charge >= 0.3 is 0 Å². The van der Waals surface area contributed by atoms with E-state index in [1.54, 1.807) is 18.2 Å². The van der Waals surface area contributed by atoms with Crippen LogP contribution in [0.4, 0.5) is 5.69 Å². The summed E-state index contributed by atoms with van der Waals surface area (Å²) in [6.07, 6.45) is 0. The summed E-state index contributed by atoms with van der Waals surface area (Å²) in [7, 11) is 0. The highest BCUT2D eigenvalue weighted by Gasteiger charge is 2.14. The van der Waals surface area contributed by atoms with Crippen molar-refractivity contribution in [3.63, 3.8) is 0 Å². The first-order chi connectivity index (χ1) is 9.49. The predicted octanol–water partition coefficient (Wildman–Crippen LogP) is 3.72. The van der Waals surface area contributed by atoms with E-state index in [4.69, 9.17) is 17.3 Å². The van der Waals surface area contributed by atoms with Crippen molar-refractivity contribution in [2.45, 2.75) is 19.9 Å². The van der Waals surface area contributed by atoms with Gasteiger partial charge in [0.1, 0.15) is 0 Å². The van der Waals surface area contributed by atoms with E-state index in [0.717, 1.165) is 11.1 Å². The number of nitrogen functional groups attached to an aromatic ring is 1. The molecule has 0 saturated carbocycles. The van der Waals surface area contributed by atoms with Crippen LogP contribution in [0, 0.1) is 6.92 Å². The van der Waals surface area contributed by atoms with Crippen LogP contribution in [0.15, 0.2) is 42.5 Å². The molecule has 0 aliphatic carbocycles. The molecule has 0 heterocycles. The smallest absolute Gasteiger partial charge is 0.252 e. The van der Waals surface area contributed by atoms with Crippen LogP contribution in [-0.2, 0) is 0 Å². The van der Waals surface area contributed by atoms with Gasteiger partial charge in [0.15, 0.2) is 0 Å². The van der Waals surface area contributed by atoms with Crippen molar-refractivity contribution in [2.24, 2.45) is 0 Å². The van der Waals surface area contributed by atoms with E-state index in [-0.39, 0.29) is 11.9 Å². The second-order valence-corrected chi connectivity index (χ2v) is 5.21. The molecule has 0 saturated heterocycles. The van der Waals surface area contributed by atoms with Gasteiger partial charge in [0.05, 0.1) is 6.04 Å². The monoisotopic (exact) mass is 288 g/mol. The zero-order valence-electron chi connectivity index (χ0n) is 11.5. The van der Waals surface area contributed by atoms with Crippen LogP contribution < -0.4 is 11.1 Å². The van der Waals surface area contributed by atoms with Crippen LogP contribution >= 0.6 is 11.6 Å². The number of rotatable bonds is 3. The molecule has 3 nitrogen and oxygen atoms in total. The Morgan fingerprint density at radius 3 is 2.65 bits per heavy atom. The minimum Gasteiger partial charge on any atom is -0.398 e. The molecule has 2 aromatic carbocycles. The largest absolute Gasteiger partial charge is 0.398 e. The summed E-state index contributed by atoms with van der Waals surface area (Å²) in [6, 6.07) is 12.7. The molecular formula is C16H17ClN2O. The Kier molecular flexibility index (Phi) is 4.30. The zero-order chi connectivity index (χ0) is 14.7. The van der Waals surface area contributed by atoms with Gasteiger partial charge in [-0.05, 0) is 49.2 Å². The molecule has 0 unspecified atom stereocenters. The average molecular weight is 289 g/mol. The third-order valence-electron chi connectivity index (χ3n) is 3.32. The Bertz CT molecular complexity index is 640. The van der Waals surface area contributed by atoms with E-state index < -0.39 is 0 Å². The van der Waals surface area contributed by atoms with E-state index in [0.29, 0.717) is 16.3 Å². The third-order valence-corrected chi connectivity index (χ3v) is 3.55. The molecule has 1 amide bonds. The van der Waals surface area contributed by atoms with E-state index in [9.17, 15) is 4.79 Å². The summed E-state index contributed by atoms with van der Waals surface area (Å²) in [5.41, 5.74) is 8.80. The number of carbonyl (C=O) groups is 1. The predicted molar refractivity (Wildman–Crippen MR) is 82.9 cm³/mol. The highest BCUT2D eigenvalue weighted by molar-refractivity contribution is 6.30. The van der Waals surface area contributed by atoms with E-state index in [1.807, 2.05) is 38.1 Å². The number of amides is 1. The Morgan fingerprint density at radius 2 is 1.95 bits per heavy atom. The fourth-order valence-electron chi connectivity index (χ4n) is 2.03. The van der Waals surface area contributed by atoms with Crippen molar-refractivity contribution in [3.8, 4) is 0 Å². The molecule has 0 spiro atoms. The molecule has 0 aromatic heterocycles. The summed E-state index contributed by atoms with van der Waals surface area (Å²) < 4.78 is 0. The Morgan fingerprint density at radius 1 is 1.25 bits per heavy atom. The quantitative estimate of drug-likeness (QED) is 0.846. The highest BCUT2D eigenvalue weighted by Crippen LogP contribution is 2.20. The molecule has 104 valence electrons. The Hall–Kier alpha value is -2.00. The first kappa shape index (κ1) is 14.4. The fraction of sp³-hybridized carbons (Fsp3) is 0.188. The topological polar surface area (TPSA) is 55.1 Å². The maximum absolute atomic E-state index is 12.3. The second-order valence-electron chi connectivity index (χ2n) is 4.77. The molecule has 3 N–H and O–H groups in total. The van der Waals surface area contributed by atoms with Gasteiger partial charge in [-0.2, -0.15) is 0 Å². The number of halogens is 1. The summed E-state index contributed by atoms with van der Waals surface area (Å²) in [5, 5.41) is 3.61.